The third-order valence-corrected chi connectivity index (χ3v) is 6.48. The van der Waals surface area contributed by atoms with Gasteiger partial charge in [0.25, 0.3) is 0 Å². The van der Waals surface area contributed by atoms with E-state index < -0.39 is 0 Å². The fourth-order valence-electron chi connectivity index (χ4n) is 3.33. The van der Waals surface area contributed by atoms with Crippen LogP contribution in [-0.2, 0) is 11.2 Å². The van der Waals surface area contributed by atoms with Gasteiger partial charge in [-0.15, -0.1) is 11.8 Å². The maximum atomic E-state index is 12.7. The molecular formula is C25H27NOS. The normalized spacial score (nSPS) is 10.7. The summed E-state index contributed by atoms with van der Waals surface area (Å²) in [7, 11) is 0. The lowest BCUT2D eigenvalue weighted by molar-refractivity contribution is -0.113. The number of amides is 1. The molecule has 0 aromatic heterocycles. The van der Waals surface area contributed by atoms with Crippen molar-refractivity contribution in [2.75, 3.05) is 11.1 Å². The molecule has 0 spiro atoms. The van der Waals surface area contributed by atoms with Crippen LogP contribution in [0.2, 0.25) is 0 Å². The molecule has 0 bridgehead atoms. The largest absolute Gasteiger partial charge is 0.325 e. The Kier molecular flexibility index (Phi) is 6.58. The van der Waals surface area contributed by atoms with Gasteiger partial charge in [-0.3, -0.25) is 4.79 Å². The Balaban J connectivity index is 1.70. The van der Waals surface area contributed by atoms with Gasteiger partial charge in [0.05, 0.1) is 5.75 Å². The topological polar surface area (TPSA) is 29.1 Å². The highest BCUT2D eigenvalue weighted by atomic mass is 32.2. The lowest BCUT2D eigenvalue weighted by atomic mass is 10.0. The molecule has 3 aromatic rings. The molecule has 1 amide bonds. The van der Waals surface area contributed by atoms with Crippen molar-refractivity contribution in [1.29, 1.82) is 0 Å². The van der Waals surface area contributed by atoms with Gasteiger partial charge in [-0.1, -0.05) is 54.6 Å². The van der Waals surface area contributed by atoms with Crippen molar-refractivity contribution < 1.29 is 4.79 Å². The molecular weight excluding hydrogens is 362 g/mol. The molecule has 28 heavy (non-hydrogen) atoms. The third-order valence-electron chi connectivity index (χ3n) is 5.17. The molecule has 0 heterocycles. The summed E-state index contributed by atoms with van der Waals surface area (Å²) in [5, 5.41) is 3.11. The number of benzene rings is 3. The molecule has 2 nitrogen and oxygen atoms in total. The van der Waals surface area contributed by atoms with Crippen LogP contribution in [0.5, 0.6) is 0 Å². The SMILES string of the molecule is Cc1cc(C)c(C)c(SCC(=O)Nc2ccccc2Cc2ccccc2)c1C. The first-order valence-electron chi connectivity index (χ1n) is 9.57. The van der Waals surface area contributed by atoms with Crippen molar-refractivity contribution in [3.8, 4) is 0 Å². The van der Waals surface area contributed by atoms with Gasteiger partial charge in [-0.05, 0) is 73.6 Å². The van der Waals surface area contributed by atoms with Gasteiger partial charge in [0.1, 0.15) is 0 Å². The van der Waals surface area contributed by atoms with E-state index in [1.807, 2.05) is 36.4 Å². The first kappa shape index (κ1) is 20.2. The van der Waals surface area contributed by atoms with Gasteiger partial charge in [-0.2, -0.15) is 0 Å². The van der Waals surface area contributed by atoms with E-state index in [1.54, 1.807) is 11.8 Å². The average Bonchev–Trinajstić information content (AvgIpc) is 2.69. The van der Waals surface area contributed by atoms with Gasteiger partial charge in [0, 0.05) is 10.6 Å². The molecule has 0 unspecified atom stereocenters. The number of anilines is 1. The number of para-hydroxylation sites is 1. The van der Waals surface area contributed by atoms with E-state index in [2.05, 4.69) is 57.3 Å². The molecule has 1 N–H and O–H groups in total. The van der Waals surface area contributed by atoms with Gasteiger partial charge >= 0.3 is 0 Å². The van der Waals surface area contributed by atoms with Crippen molar-refractivity contribution in [1.82, 2.24) is 0 Å². The first-order valence-corrected chi connectivity index (χ1v) is 10.6. The number of rotatable bonds is 6. The summed E-state index contributed by atoms with van der Waals surface area (Å²) in [5.74, 6) is 0.438. The summed E-state index contributed by atoms with van der Waals surface area (Å²) >= 11 is 1.63. The molecule has 0 aliphatic rings. The van der Waals surface area contributed by atoms with Crippen LogP contribution < -0.4 is 5.32 Å². The van der Waals surface area contributed by atoms with E-state index >= 15 is 0 Å². The van der Waals surface area contributed by atoms with Crippen LogP contribution in [-0.4, -0.2) is 11.7 Å². The second-order valence-corrected chi connectivity index (χ2v) is 8.23. The fraction of sp³-hybridized carbons (Fsp3) is 0.240. The molecule has 3 aromatic carbocycles. The number of nitrogens with one attached hydrogen (secondary N) is 1. The Morgan fingerprint density at radius 2 is 1.46 bits per heavy atom. The molecule has 0 aliphatic heterocycles. The zero-order valence-corrected chi connectivity index (χ0v) is 17.8. The van der Waals surface area contributed by atoms with Gasteiger partial charge in [0.15, 0.2) is 0 Å². The summed E-state index contributed by atoms with van der Waals surface area (Å²) in [6, 6.07) is 20.6. The molecule has 3 rings (SSSR count). The van der Waals surface area contributed by atoms with Gasteiger partial charge < -0.3 is 5.32 Å². The van der Waals surface area contributed by atoms with Crippen LogP contribution in [0.1, 0.15) is 33.4 Å². The number of hydrogen-bond acceptors (Lipinski definition) is 2. The van der Waals surface area contributed by atoms with E-state index in [0.29, 0.717) is 5.75 Å². The lowest BCUT2D eigenvalue weighted by Crippen LogP contribution is -2.15. The maximum absolute atomic E-state index is 12.7. The molecule has 3 heteroatoms. The van der Waals surface area contributed by atoms with E-state index in [1.165, 1.54) is 32.7 Å². The fourth-order valence-corrected chi connectivity index (χ4v) is 4.44. The van der Waals surface area contributed by atoms with E-state index in [0.717, 1.165) is 17.7 Å². The van der Waals surface area contributed by atoms with Gasteiger partial charge in [0.2, 0.25) is 5.91 Å². The Labute approximate surface area is 172 Å². The summed E-state index contributed by atoms with van der Waals surface area (Å²) < 4.78 is 0. The monoisotopic (exact) mass is 389 g/mol. The van der Waals surface area contributed by atoms with Crippen LogP contribution >= 0.6 is 11.8 Å². The maximum Gasteiger partial charge on any atom is 0.234 e. The minimum absolute atomic E-state index is 0.0310. The first-order chi connectivity index (χ1) is 13.5. The molecule has 144 valence electrons. The summed E-state index contributed by atoms with van der Waals surface area (Å²) in [4.78, 5) is 13.9. The van der Waals surface area contributed by atoms with E-state index in [9.17, 15) is 4.79 Å². The molecule has 0 fully saturated rings. The highest BCUT2D eigenvalue weighted by Gasteiger charge is 2.12. The Hall–Kier alpha value is -2.52. The van der Waals surface area contributed by atoms with Crippen LogP contribution in [0, 0.1) is 27.7 Å². The van der Waals surface area contributed by atoms with Crippen LogP contribution in [0.3, 0.4) is 0 Å². The van der Waals surface area contributed by atoms with E-state index in [4.69, 9.17) is 0 Å². The molecule has 0 saturated carbocycles. The van der Waals surface area contributed by atoms with E-state index in [-0.39, 0.29) is 5.91 Å². The van der Waals surface area contributed by atoms with Crippen LogP contribution in [0.25, 0.3) is 0 Å². The van der Waals surface area contributed by atoms with Crippen LogP contribution in [0.15, 0.2) is 65.6 Å². The zero-order valence-electron chi connectivity index (χ0n) is 17.0. The quantitative estimate of drug-likeness (QED) is 0.505. The average molecular weight is 390 g/mol. The van der Waals surface area contributed by atoms with Gasteiger partial charge in [-0.25, -0.2) is 0 Å². The molecule has 0 atom stereocenters. The van der Waals surface area contributed by atoms with Crippen molar-refractivity contribution in [2.24, 2.45) is 0 Å². The minimum atomic E-state index is 0.0310. The Morgan fingerprint density at radius 3 is 2.14 bits per heavy atom. The minimum Gasteiger partial charge on any atom is -0.325 e. The molecule has 0 saturated heterocycles. The Morgan fingerprint density at radius 1 is 0.857 bits per heavy atom. The van der Waals surface area contributed by atoms with Crippen molar-refractivity contribution >= 4 is 23.4 Å². The summed E-state index contributed by atoms with van der Waals surface area (Å²) in [5.41, 5.74) is 8.35. The lowest BCUT2D eigenvalue weighted by Gasteiger charge is -2.15. The second-order valence-electron chi connectivity index (χ2n) is 7.25. The summed E-state index contributed by atoms with van der Waals surface area (Å²) in [6.07, 6.45) is 0.805. The molecule has 0 radical (unpaired) electrons. The molecule has 0 aliphatic carbocycles. The van der Waals surface area contributed by atoms with Crippen LogP contribution in [0.4, 0.5) is 5.69 Å². The highest BCUT2D eigenvalue weighted by Crippen LogP contribution is 2.31. The predicted molar refractivity (Wildman–Crippen MR) is 120 cm³/mol. The number of aryl methyl sites for hydroxylation is 2. The Bertz CT molecular complexity index is 953. The van der Waals surface area contributed by atoms with Crippen molar-refractivity contribution in [2.45, 2.75) is 39.0 Å². The highest BCUT2D eigenvalue weighted by molar-refractivity contribution is 8.00. The smallest absolute Gasteiger partial charge is 0.234 e. The predicted octanol–water partition coefficient (Wildman–Crippen LogP) is 6.24. The number of carbonyl (C=O) groups is 1. The zero-order chi connectivity index (χ0) is 20.1. The summed E-state index contributed by atoms with van der Waals surface area (Å²) in [6.45, 7) is 8.53. The number of carbonyl (C=O) groups excluding carboxylic acids is 1. The standard InChI is InChI=1S/C25H27NOS/c1-17-14-18(2)20(4)25(19(17)3)28-16-24(27)26-23-13-9-8-12-22(23)15-21-10-6-5-7-11-21/h5-14H,15-16H2,1-4H3,(H,26,27). The second kappa shape index (κ2) is 9.11. The third kappa shape index (κ3) is 4.85. The number of hydrogen-bond donors (Lipinski definition) is 1. The van der Waals surface area contributed by atoms with Crippen molar-refractivity contribution in [3.63, 3.8) is 0 Å². The number of thioether (sulfide) groups is 1. The van der Waals surface area contributed by atoms with Crippen molar-refractivity contribution in [3.05, 3.63) is 94.0 Å².